The molecular weight excluding hydrogens is 288 g/mol. The van der Waals surface area contributed by atoms with Crippen molar-refractivity contribution in [1.82, 2.24) is 10.6 Å². The highest BCUT2D eigenvalue weighted by Gasteiger charge is 2.29. The number of carbonyl (C=O) groups excluding carboxylic acids is 1. The third-order valence-corrected chi connectivity index (χ3v) is 5.39. The molecule has 1 saturated heterocycles. The number of rotatable bonds is 6. The molecule has 1 aromatic carbocycles. The van der Waals surface area contributed by atoms with Crippen molar-refractivity contribution in [1.29, 1.82) is 0 Å². The Balaban J connectivity index is 2.09. The summed E-state index contributed by atoms with van der Waals surface area (Å²) in [7, 11) is -3.62. The molecule has 0 bridgehead atoms. The number of amides is 1. The van der Waals surface area contributed by atoms with E-state index in [1.807, 2.05) is 19.1 Å². The predicted molar refractivity (Wildman–Crippen MR) is 82.7 cm³/mol. The molecule has 1 atom stereocenters. The average Bonchev–Trinajstić information content (AvgIpc) is 2.36. The smallest absolute Gasteiger partial charge is 0.235 e. The lowest BCUT2D eigenvalue weighted by Crippen LogP contribution is -2.57. The van der Waals surface area contributed by atoms with Gasteiger partial charge in [0.05, 0.1) is 6.04 Å². The fourth-order valence-corrected chi connectivity index (χ4v) is 3.67. The van der Waals surface area contributed by atoms with Crippen LogP contribution < -0.4 is 10.6 Å². The van der Waals surface area contributed by atoms with Gasteiger partial charge >= 0.3 is 0 Å². The van der Waals surface area contributed by atoms with Crippen LogP contribution in [0.4, 0.5) is 0 Å². The van der Waals surface area contributed by atoms with Crippen LogP contribution in [0.1, 0.15) is 16.4 Å². The van der Waals surface area contributed by atoms with E-state index in [9.17, 15) is 13.2 Å². The maximum Gasteiger partial charge on any atom is 0.235 e. The van der Waals surface area contributed by atoms with E-state index < -0.39 is 26.7 Å². The van der Waals surface area contributed by atoms with Crippen molar-refractivity contribution in [3.05, 3.63) is 48.0 Å². The van der Waals surface area contributed by atoms with E-state index in [4.69, 9.17) is 0 Å². The van der Waals surface area contributed by atoms with Gasteiger partial charge in [-0.1, -0.05) is 35.9 Å². The number of carbonyl (C=O) groups is 1. The van der Waals surface area contributed by atoms with E-state index >= 15 is 0 Å². The monoisotopic (exact) mass is 308 g/mol. The van der Waals surface area contributed by atoms with Crippen LogP contribution in [0.5, 0.6) is 0 Å². The summed E-state index contributed by atoms with van der Waals surface area (Å²) in [6.45, 7) is 6.91. The second-order valence-corrected chi connectivity index (χ2v) is 7.42. The molecule has 1 fully saturated rings. The van der Waals surface area contributed by atoms with E-state index in [1.165, 1.54) is 6.08 Å². The van der Waals surface area contributed by atoms with Crippen molar-refractivity contribution in [2.24, 2.45) is 0 Å². The van der Waals surface area contributed by atoms with Crippen LogP contribution in [0.15, 0.2) is 36.9 Å². The molecule has 2 N–H and O–H groups in total. The minimum atomic E-state index is -3.62. The standard InChI is InChI=1S/C15H20N2O3S/c1-3-14(12-6-4-11(2)5-7-12)21(19,20)10-15(18)17-13-8-16-9-13/h3-7,13-14,16H,1,8-10H2,2H3,(H,17,18). The second-order valence-electron chi connectivity index (χ2n) is 5.30. The quantitative estimate of drug-likeness (QED) is 0.760. The topological polar surface area (TPSA) is 75.3 Å². The van der Waals surface area contributed by atoms with Crippen molar-refractivity contribution in [2.45, 2.75) is 18.2 Å². The highest BCUT2D eigenvalue weighted by molar-refractivity contribution is 7.92. The van der Waals surface area contributed by atoms with Gasteiger partial charge in [-0.25, -0.2) is 8.42 Å². The van der Waals surface area contributed by atoms with Gasteiger partial charge in [0, 0.05) is 13.1 Å². The molecule has 0 saturated carbocycles. The van der Waals surface area contributed by atoms with Crippen molar-refractivity contribution in [3.63, 3.8) is 0 Å². The van der Waals surface area contributed by atoms with Gasteiger partial charge in [0.2, 0.25) is 5.91 Å². The van der Waals surface area contributed by atoms with Gasteiger partial charge in [-0.3, -0.25) is 4.79 Å². The van der Waals surface area contributed by atoms with Crippen molar-refractivity contribution in [2.75, 3.05) is 18.8 Å². The summed E-state index contributed by atoms with van der Waals surface area (Å²) in [5.74, 6) is -0.978. The van der Waals surface area contributed by atoms with Crippen LogP contribution in [0.2, 0.25) is 0 Å². The average molecular weight is 308 g/mol. The number of nitrogens with one attached hydrogen (secondary N) is 2. The molecular formula is C15H20N2O3S. The molecule has 114 valence electrons. The fourth-order valence-electron chi connectivity index (χ4n) is 2.18. The summed E-state index contributed by atoms with van der Waals surface area (Å²) < 4.78 is 24.8. The van der Waals surface area contributed by atoms with Crippen LogP contribution in [0.3, 0.4) is 0 Å². The van der Waals surface area contributed by atoms with E-state index in [1.54, 1.807) is 12.1 Å². The van der Waals surface area contributed by atoms with Gasteiger partial charge in [-0.2, -0.15) is 0 Å². The molecule has 0 radical (unpaired) electrons. The van der Waals surface area contributed by atoms with Crippen molar-refractivity contribution in [3.8, 4) is 0 Å². The van der Waals surface area contributed by atoms with Crippen LogP contribution >= 0.6 is 0 Å². The van der Waals surface area contributed by atoms with Gasteiger partial charge < -0.3 is 10.6 Å². The molecule has 2 rings (SSSR count). The molecule has 1 aromatic rings. The zero-order chi connectivity index (χ0) is 15.5. The lowest BCUT2D eigenvalue weighted by Gasteiger charge is -2.28. The second kappa shape index (κ2) is 6.41. The Morgan fingerprint density at radius 3 is 2.52 bits per heavy atom. The highest BCUT2D eigenvalue weighted by atomic mass is 32.2. The number of benzene rings is 1. The summed E-state index contributed by atoms with van der Waals surface area (Å²) in [4.78, 5) is 11.8. The van der Waals surface area contributed by atoms with Crippen molar-refractivity contribution < 1.29 is 13.2 Å². The molecule has 1 unspecified atom stereocenters. The van der Waals surface area contributed by atoms with E-state index in [2.05, 4.69) is 17.2 Å². The first-order chi connectivity index (χ1) is 9.92. The number of hydrogen-bond donors (Lipinski definition) is 2. The molecule has 1 aliphatic heterocycles. The summed E-state index contributed by atoms with van der Waals surface area (Å²) in [6.07, 6.45) is 1.37. The maximum absolute atomic E-state index is 12.4. The first kappa shape index (κ1) is 15.7. The van der Waals surface area contributed by atoms with Gasteiger partial charge in [-0.05, 0) is 12.5 Å². The Bertz CT molecular complexity index is 619. The first-order valence-electron chi connectivity index (χ1n) is 6.83. The predicted octanol–water partition coefficient (Wildman–Crippen LogP) is 0.725. The Labute approximate surface area is 125 Å². The zero-order valence-electron chi connectivity index (χ0n) is 12.0. The molecule has 1 aliphatic rings. The summed E-state index contributed by atoms with van der Waals surface area (Å²) in [6, 6.07) is 7.25. The Morgan fingerprint density at radius 2 is 2.05 bits per heavy atom. The molecule has 21 heavy (non-hydrogen) atoms. The molecule has 1 amide bonds. The summed E-state index contributed by atoms with van der Waals surface area (Å²) >= 11 is 0. The first-order valence-corrected chi connectivity index (χ1v) is 8.54. The van der Waals surface area contributed by atoms with Gasteiger partial charge in [0.25, 0.3) is 0 Å². The molecule has 0 aliphatic carbocycles. The van der Waals surface area contributed by atoms with E-state index in [0.717, 1.165) is 5.56 Å². The fraction of sp³-hybridized carbons (Fsp3) is 0.400. The molecule has 0 aromatic heterocycles. The largest absolute Gasteiger partial charge is 0.350 e. The zero-order valence-corrected chi connectivity index (χ0v) is 12.8. The minimum Gasteiger partial charge on any atom is -0.350 e. The van der Waals surface area contributed by atoms with Crippen LogP contribution in [0.25, 0.3) is 0 Å². The lowest BCUT2D eigenvalue weighted by atomic mass is 10.1. The number of sulfone groups is 1. The van der Waals surface area contributed by atoms with Gasteiger partial charge in [0.15, 0.2) is 9.84 Å². The Kier molecular flexibility index (Phi) is 4.80. The van der Waals surface area contributed by atoms with Crippen molar-refractivity contribution >= 4 is 15.7 Å². The lowest BCUT2D eigenvalue weighted by molar-refractivity contribution is -0.119. The third-order valence-electron chi connectivity index (χ3n) is 3.49. The Morgan fingerprint density at radius 1 is 1.43 bits per heavy atom. The normalized spacial score (nSPS) is 16.8. The van der Waals surface area contributed by atoms with Gasteiger partial charge in [0.1, 0.15) is 11.0 Å². The van der Waals surface area contributed by atoms with Crippen LogP contribution in [-0.2, 0) is 14.6 Å². The number of hydrogen-bond acceptors (Lipinski definition) is 4. The summed E-state index contributed by atoms with van der Waals surface area (Å²) in [5, 5.41) is 4.85. The summed E-state index contributed by atoms with van der Waals surface area (Å²) in [5.41, 5.74) is 1.68. The van der Waals surface area contributed by atoms with Gasteiger partial charge in [-0.15, -0.1) is 6.58 Å². The molecule has 6 heteroatoms. The SMILES string of the molecule is C=CC(c1ccc(C)cc1)S(=O)(=O)CC(=O)NC1CNC1. The van der Waals surface area contributed by atoms with E-state index in [0.29, 0.717) is 18.7 Å². The van der Waals surface area contributed by atoms with Crippen LogP contribution in [0, 0.1) is 6.92 Å². The maximum atomic E-state index is 12.4. The third kappa shape index (κ3) is 3.92. The van der Waals surface area contributed by atoms with E-state index in [-0.39, 0.29) is 6.04 Å². The minimum absolute atomic E-state index is 0.0363. The molecule has 0 spiro atoms. The molecule has 5 nitrogen and oxygen atoms in total. The highest BCUT2D eigenvalue weighted by Crippen LogP contribution is 2.24. The molecule has 1 heterocycles. The Hall–Kier alpha value is -1.66. The number of aryl methyl sites for hydroxylation is 1. The van der Waals surface area contributed by atoms with Crippen LogP contribution in [-0.4, -0.2) is 39.2 Å².